The molecular weight excluding hydrogens is 456 g/mol. The number of carbonyl (C=O) groups is 1. The molecule has 0 amide bonds. The number of hydrogen-bond acceptors (Lipinski definition) is 5. The number of esters is 1. The van der Waals surface area contributed by atoms with Gasteiger partial charge in [-0.05, 0) is 54.1 Å². The zero-order valence-electron chi connectivity index (χ0n) is 16.8. The fraction of sp³-hybridized carbons (Fsp3) is 0.0833. The monoisotopic (exact) mass is 471 g/mol. The van der Waals surface area contributed by atoms with Crippen molar-refractivity contribution >= 4 is 41.1 Å². The summed E-state index contributed by atoms with van der Waals surface area (Å²) in [5, 5.41) is 1.05. The number of aliphatic imine (C=N–C) groups is 1. The predicted molar refractivity (Wildman–Crippen MR) is 121 cm³/mol. The smallest absolute Gasteiger partial charge is 0.363 e. The first kappa shape index (κ1) is 21.9. The van der Waals surface area contributed by atoms with Crippen molar-refractivity contribution < 1.29 is 23.4 Å². The maximum absolute atomic E-state index is 13.4. The highest BCUT2D eigenvalue weighted by molar-refractivity contribution is 6.35. The van der Waals surface area contributed by atoms with Gasteiger partial charge in [-0.1, -0.05) is 41.4 Å². The number of benzene rings is 3. The van der Waals surface area contributed by atoms with E-state index < -0.39 is 11.8 Å². The number of cyclic esters (lactones) is 1. The van der Waals surface area contributed by atoms with Crippen LogP contribution in [0.5, 0.6) is 11.5 Å². The van der Waals surface area contributed by atoms with Gasteiger partial charge < -0.3 is 14.2 Å². The second-order valence-electron chi connectivity index (χ2n) is 6.78. The van der Waals surface area contributed by atoms with Crippen molar-refractivity contribution in [3.63, 3.8) is 0 Å². The lowest BCUT2D eigenvalue weighted by Gasteiger charge is -2.12. The number of ether oxygens (including phenoxy) is 3. The van der Waals surface area contributed by atoms with E-state index in [1.165, 1.54) is 25.3 Å². The standard InChI is InChI=1S/C24H16Cl2FNO4/c1-30-22-10-14(5-8-21(22)31-13-16-6-7-17(25)12-19(16)26)9-20-24(29)32-23(28-20)15-3-2-4-18(27)11-15/h2-12H,13H2,1H3/b20-9+. The van der Waals surface area contributed by atoms with E-state index in [0.29, 0.717) is 32.7 Å². The average Bonchev–Trinajstić information content (AvgIpc) is 3.14. The van der Waals surface area contributed by atoms with E-state index in [-0.39, 0.29) is 18.2 Å². The molecule has 4 rings (SSSR count). The maximum atomic E-state index is 13.4. The van der Waals surface area contributed by atoms with Gasteiger partial charge in [-0.25, -0.2) is 14.2 Å². The lowest BCUT2D eigenvalue weighted by atomic mass is 10.1. The molecule has 1 heterocycles. The first-order chi connectivity index (χ1) is 15.4. The van der Waals surface area contributed by atoms with Gasteiger partial charge in [0.2, 0.25) is 5.90 Å². The van der Waals surface area contributed by atoms with Crippen LogP contribution in [-0.4, -0.2) is 19.0 Å². The molecule has 0 aromatic heterocycles. The highest BCUT2D eigenvalue weighted by Gasteiger charge is 2.24. The van der Waals surface area contributed by atoms with Crippen molar-refractivity contribution in [1.29, 1.82) is 0 Å². The Kier molecular flexibility index (Phi) is 6.44. The molecular formula is C24H16Cl2FNO4. The molecule has 0 saturated heterocycles. The SMILES string of the molecule is COc1cc(/C=C2/N=C(c3cccc(F)c3)OC2=O)ccc1OCc1ccc(Cl)cc1Cl. The van der Waals surface area contributed by atoms with Crippen LogP contribution in [0.15, 0.2) is 71.4 Å². The lowest BCUT2D eigenvalue weighted by Crippen LogP contribution is -2.05. The molecule has 0 N–H and O–H groups in total. The van der Waals surface area contributed by atoms with Gasteiger partial charge in [0.05, 0.1) is 7.11 Å². The topological polar surface area (TPSA) is 57.1 Å². The van der Waals surface area contributed by atoms with Crippen LogP contribution in [0.1, 0.15) is 16.7 Å². The minimum absolute atomic E-state index is 0.0486. The van der Waals surface area contributed by atoms with Crippen LogP contribution in [0.25, 0.3) is 6.08 Å². The van der Waals surface area contributed by atoms with Gasteiger partial charge in [0, 0.05) is 21.2 Å². The molecule has 0 fully saturated rings. The van der Waals surface area contributed by atoms with Gasteiger partial charge in [0.1, 0.15) is 12.4 Å². The molecule has 1 aliphatic heterocycles. The third-order valence-electron chi connectivity index (χ3n) is 4.58. The molecule has 0 spiro atoms. The lowest BCUT2D eigenvalue weighted by molar-refractivity contribution is -0.129. The Balaban J connectivity index is 1.54. The van der Waals surface area contributed by atoms with Crippen LogP contribution in [0.2, 0.25) is 10.0 Å². The first-order valence-electron chi connectivity index (χ1n) is 9.46. The number of rotatable bonds is 6. The van der Waals surface area contributed by atoms with Crippen molar-refractivity contribution in [2.24, 2.45) is 4.99 Å². The van der Waals surface area contributed by atoms with Crippen LogP contribution < -0.4 is 9.47 Å². The average molecular weight is 472 g/mol. The quantitative estimate of drug-likeness (QED) is 0.323. The van der Waals surface area contributed by atoms with Crippen LogP contribution in [-0.2, 0) is 16.1 Å². The van der Waals surface area contributed by atoms with Crippen molar-refractivity contribution in [3.05, 3.63) is 98.9 Å². The van der Waals surface area contributed by atoms with Gasteiger partial charge >= 0.3 is 5.97 Å². The Morgan fingerprint density at radius 3 is 2.66 bits per heavy atom. The first-order valence-corrected chi connectivity index (χ1v) is 10.2. The molecule has 5 nitrogen and oxygen atoms in total. The molecule has 0 saturated carbocycles. The second kappa shape index (κ2) is 9.42. The minimum atomic E-state index is -0.624. The molecule has 32 heavy (non-hydrogen) atoms. The summed E-state index contributed by atoms with van der Waals surface area (Å²) in [5.41, 5.74) is 1.89. The maximum Gasteiger partial charge on any atom is 0.363 e. The molecule has 3 aromatic rings. The molecule has 3 aromatic carbocycles. The Morgan fingerprint density at radius 1 is 1.06 bits per heavy atom. The number of hydrogen-bond donors (Lipinski definition) is 0. The summed E-state index contributed by atoms with van der Waals surface area (Å²) in [4.78, 5) is 16.4. The van der Waals surface area contributed by atoms with Gasteiger partial charge in [-0.2, -0.15) is 0 Å². The van der Waals surface area contributed by atoms with Gasteiger partial charge in [0.15, 0.2) is 17.2 Å². The summed E-state index contributed by atoms with van der Waals surface area (Å²) in [6.07, 6.45) is 1.55. The van der Waals surface area contributed by atoms with E-state index in [1.54, 1.807) is 48.5 Å². The molecule has 8 heteroatoms. The number of halogens is 3. The Morgan fingerprint density at radius 2 is 1.91 bits per heavy atom. The van der Waals surface area contributed by atoms with Gasteiger partial charge in [-0.3, -0.25) is 0 Å². The summed E-state index contributed by atoms with van der Waals surface area (Å²) < 4.78 is 29.9. The van der Waals surface area contributed by atoms with Crippen molar-refractivity contribution in [3.8, 4) is 11.5 Å². The Labute approximate surface area is 193 Å². The van der Waals surface area contributed by atoms with Crippen molar-refractivity contribution in [2.45, 2.75) is 6.61 Å². The van der Waals surface area contributed by atoms with Gasteiger partial charge in [0.25, 0.3) is 0 Å². The highest BCUT2D eigenvalue weighted by atomic mass is 35.5. The normalized spacial score (nSPS) is 14.3. The summed E-state index contributed by atoms with van der Waals surface area (Å²) >= 11 is 12.1. The second-order valence-corrected chi connectivity index (χ2v) is 7.62. The summed E-state index contributed by atoms with van der Waals surface area (Å²) in [6, 6.07) is 16.0. The van der Waals surface area contributed by atoms with Crippen LogP contribution in [0.3, 0.4) is 0 Å². The van der Waals surface area contributed by atoms with Crippen molar-refractivity contribution in [1.82, 2.24) is 0 Å². The highest BCUT2D eigenvalue weighted by Crippen LogP contribution is 2.31. The number of methoxy groups -OCH3 is 1. The van der Waals surface area contributed by atoms with Crippen molar-refractivity contribution in [2.75, 3.05) is 7.11 Å². The zero-order chi connectivity index (χ0) is 22.7. The molecule has 0 aliphatic carbocycles. The molecule has 0 atom stereocenters. The van der Waals surface area contributed by atoms with E-state index in [9.17, 15) is 9.18 Å². The Hall–Kier alpha value is -3.35. The third-order valence-corrected chi connectivity index (χ3v) is 5.17. The van der Waals surface area contributed by atoms with E-state index in [1.807, 2.05) is 0 Å². The molecule has 1 aliphatic rings. The van der Waals surface area contributed by atoms with E-state index >= 15 is 0 Å². The fourth-order valence-electron chi connectivity index (χ4n) is 3.00. The zero-order valence-corrected chi connectivity index (χ0v) is 18.3. The summed E-state index contributed by atoms with van der Waals surface area (Å²) in [5.74, 6) is -0.0592. The van der Waals surface area contributed by atoms with E-state index in [0.717, 1.165) is 5.56 Å². The van der Waals surface area contributed by atoms with E-state index in [2.05, 4.69) is 4.99 Å². The molecule has 162 valence electrons. The van der Waals surface area contributed by atoms with Crippen LogP contribution in [0.4, 0.5) is 4.39 Å². The van der Waals surface area contributed by atoms with Gasteiger partial charge in [-0.15, -0.1) is 0 Å². The third kappa shape index (κ3) is 4.93. The Bertz CT molecular complexity index is 1260. The van der Waals surface area contributed by atoms with Crippen LogP contribution in [0, 0.1) is 5.82 Å². The largest absolute Gasteiger partial charge is 0.493 e. The summed E-state index contributed by atoms with van der Waals surface area (Å²) in [6.45, 7) is 0.223. The number of nitrogens with zero attached hydrogens (tertiary/aromatic N) is 1. The number of carbonyl (C=O) groups excluding carboxylic acids is 1. The van der Waals surface area contributed by atoms with Crippen LogP contribution >= 0.6 is 23.2 Å². The molecule has 0 radical (unpaired) electrons. The fourth-order valence-corrected chi connectivity index (χ4v) is 3.46. The summed E-state index contributed by atoms with van der Waals surface area (Å²) in [7, 11) is 1.51. The van der Waals surface area contributed by atoms with E-state index in [4.69, 9.17) is 37.4 Å². The molecule has 0 unspecified atom stereocenters. The minimum Gasteiger partial charge on any atom is -0.493 e. The molecule has 0 bridgehead atoms. The predicted octanol–water partition coefficient (Wildman–Crippen LogP) is 6.06.